The fourth-order valence-electron chi connectivity index (χ4n) is 2.94. The zero-order chi connectivity index (χ0) is 13.8. The minimum Gasteiger partial charge on any atom is -0.384 e. The van der Waals surface area contributed by atoms with Crippen LogP contribution in [0, 0.1) is 5.92 Å². The summed E-state index contributed by atoms with van der Waals surface area (Å²) in [5.41, 5.74) is 1.34. The predicted molar refractivity (Wildman–Crippen MR) is 80.9 cm³/mol. The lowest BCUT2D eigenvalue weighted by molar-refractivity contribution is 0.143. The number of anilines is 1. The minimum atomic E-state index is 0.642. The third kappa shape index (κ3) is 3.70. The molecule has 1 aliphatic carbocycles. The van der Waals surface area contributed by atoms with E-state index in [1.165, 1.54) is 31.2 Å². The smallest absolute Gasteiger partial charge is 0.128 e. The number of hydrogen-bond donors (Lipinski definition) is 1. The van der Waals surface area contributed by atoms with Crippen LogP contribution in [0.2, 0.25) is 0 Å². The molecule has 1 atom stereocenters. The quantitative estimate of drug-likeness (QED) is 0.863. The van der Waals surface area contributed by atoms with Gasteiger partial charge in [-0.1, -0.05) is 0 Å². The molecule has 0 aromatic carbocycles. The van der Waals surface area contributed by atoms with Crippen molar-refractivity contribution in [2.24, 2.45) is 5.92 Å². The largest absolute Gasteiger partial charge is 0.384 e. The van der Waals surface area contributed by atoms with Gasteiger partial charge >= 0.3 is 0 Å². The molecule has 0 radical (unpaired) electrons. The van der Waals surface area contributed by atoms with Crippen molar-refractivity contribution in [1.82, 2.24) is 10.3 Å². The van der Waals surface area contributed by atoms with Gasteiger partial charge in [-0.3, -0.25) is 0 Å². The molecule has 1 aromatic rings. The van der Waals surface area contributed by atoms with Crippen LogP contribution in [0.4, 0.5) is 5.82 Å². The van der Waals surface area contributed by atoms with Gasteiger partial charge in [0, 0.05) is 39.0 Å². The molecule has 1 aromatic heterocycles. The molecule has 2 fully saturated rings. The second kappa shape index (κ2) is 6.55. The molecule has 0 amide bonds. The Labute approximate surface area is 121 Å². The number of nitrogens with zero attached hydrogens (tertiary/aromatic N) is 2. The molecule has 1 aliphatic heterocycles. The lowest BCUT2D eigenvalue weighted by Crippen LogP contribution is -2.37. The van der Waals surface area contributed by atoms with Gasteiger partial charge in [-0.15, -0.1) is 0 Å². The van der Waals surface area contributed by atoms with E-state index in [1.807, 2.05) is 6.20 Å². The average Bonchev–Trinajstić information content (AvgIpc) is 3.30. The Morgan fingerprint density at radius 1 is 1.40 bits per heavy atom. The molecule has 4 heteroatoms. The van der Waals surface area contributed by atoms with Crippen molar-refractivity contribution in [2.45, 2.75) is 38.3 Å². The number of rotatable bonds is 6. The highest BCUT2D eigenvalue weighted by molar-refractivity contribution is 5.41. The van der Waals surface area contributed by atoms with Crippen molar-refractivity contribution in [3.05, 3.63) is 23.9 Å². The zero-order valence-electron chi connectivity index (χ0n) is 12.3. The van der Waals surface area contributed by atoms with Crippen molar-refractivity contribution < 1.29 is 4.74 Å². The summed E-state index contributed by atoms with van der Waals surface area (Å²) in [5.74, 6) is 1.77. The Morgan fingerprint density at radius 2 is 2.30 bits per heavy atom. The van der Waals surface area contributed by atoms with Gasteiger partial charge in [0.05, 0.1) is 6.61 Å². The van der Waals surface area contributed by atoms with E-state index in [1.54, 1.807) is 7.11 Å². The van der Waals surface area contributed by atoms with Gasteiger partial charge in [-0.05, 0) is 49.3 Å². The highest BCUT2D eigenvalue weighted by Crippen LogP contribution is 2.23. The van der Waals surface area contributed by atoms with Crippen LogP contribution in [0.1, 0.15) is 31.2 Å². The third-order valence-electron chi connectivity index (χ3n) is 4.23. The number of aromatic nitrogens is 1. The van der Waals surface area contributed by atoms with E-state index in [4.69, 9.17) is 4.74 Å². The highest BCUT2D eigenvalue weighted by atomic mass is 16.5. The van der Waals surface area contributed by atoms with Gasteiger partial charge in [0.2, 0.25) is 0 Å². The van der Waals surface area contributed by atoms with Crippen molar-refractivity contribution in [3.63, 3.8) is 0 Å². The Kier molecular flexibility index (Phi) is 4.53. The van der Waals surface area contributed by atoms with E-state index < -0.39 is 0 Å². The van der Waals surface area contributed by atoms with Crippen LogP contribution >= 0.6 is 0 Å². The van der Waals surface area contributed by atoms with Crippen molar-refractivity contribution in [2.75, 3.05) is 31.7 Å². The first-order valence-electron chi connectivity index (χ1n) is 7.77. The molecule has 2 aliphatic rings. The molecule has 2 heterocycles. The molecule has 110 valence electrons. The van der Waals surface area contributed by atoms with Gasteiger partial charge in [-0.2, -0.15) is 0 Å². The topological polar surface area (TPSA) is 37.4 Å². The zero-order valence-corrected chi connectivity index (χ0v) is 12.3. The maximum absolute atomic E-state index is 5.30. The third-order valence-corrected chi connectivity index (χ3v) is 4.23. The molecule has 0 spiro atoms. The standard InChI is InChI=1S/C16H25N3O/c1-20-12-14-3-2-8-19(11-14)16-9-13(6-7-17-16)10-18-15-4-5-15/h6-7,9,14-15,18H,2-5,8,10-12H2,1H3. The molecule has 20 heavy (non-hydrogen) atoms. The number of piperidine rings is 1. The van der Waals surface area contributed by atoms with E-state index in [9.17, 15) is 0 Å². The van der Waals surface area contributed by atoms with Gasteiger partial charge < -0.3 is 15.0 Å². The molecule has 4 nitrogen and oxygen atoms in total. The summed E-state index contributed by atoms with van der Waals surface area (Å²) in [6.45, 7) is 4.02. The van der Waals surface area contributed by atoms with Crippen LogP contribution < -0.4 is 10.2 Å². The van der Waals surface area contributed by atoms with E-state index in [0.717, 1.165) is 38.1 Å². The SMILES string of the molecule is COCC1CCCN(c2cc(CNC3CC3)ccn2)C1. The maximum atomic E-state index is 5.30. The van der Waals surface area contributed by atoms with Crippen molar-refractivity contribution in [1.29, 1.82) is 0 Å². The Bertz CT molecular complexity index is 431. The second-order valence-corrected chi connectivity index (χ2v) is 6.09. The first-order chi connectivity index (χ1) is 9.85. The lowest BCUT2D eigenvalue weighted by Gasteiger charge is -2.33. The van der Waals surface area contributed by atoms with Crippen LogP contribution in [-0.4, -0.2) is 37.8 Å². The molecule has 0 bridgehead atoms. The summed E-state index contributed by atoms with van der Waals surface area (Å²) >= 11 is 0. The van der Waals surface area contributed by atoms with E-state index in [0.29, 0.717) is 5.92 Å². The molecule has 1 N–H and O–H groups in total. The molecule has 3 rings (SSSR count). The Hall–Kier alpha value is -1.13. The summed E-state index contributed by atoms with van der Waals surface area (Å²) < 4.78 is 5.30. The van der Waals surface area contributed by atoms with Crippen LogP contribution in [0.25, 0.3) is 0 Å². The summed E-state index contributed by atoms with van der Waals surface area (Å²) in [6.07, 6.45) is 7.12. The second-order valence-electron chi connectivity index (χ2n) is 6.09. The van der Waals surface area contributed by atoms with Crippen molar-refractivity contribution in [3.8, 4) is 0 Å². The molecule has 1 saturated heterocycles. The van der Waals surface area contributed by atoms with E-state index in [-0.39, 0.29) is 0 Å². The minimum absolute atomic E-state index is 0.642. The maximum Gasteiger partial charge on any atom is 0.128 e. The summed E-state index contributed by atoms with van der Waals surface area (Å²) in [6, 6.07) is 5.12. The first-order valence-corrected chi connectivity index (χ1v) is 7.77. The number of hydrogen-bond acceptors (Lipinski definition) is 4. The van der Waals surface area contributed by atoms with E-state index in [2.05, 4.69) is 27.3 Å². The van der Waals surface area contributed by atoms with Crippen LogP contribution in [0.5, 0.6) is 0 Å². The lowest BCUT2D eigenvalue weighted by atomic mass is 9.99. The number of nitrogens with one attached hydrogen (secondary N) is 1. The number of methoxy groups -OCH3 is 1. The monoisotopic (exact) mass is 275 g/mol. The van der Waals surface area contributed by atoms with E-state index >= 15 is 0 Å². The Morgan fingerprint density at radius 3 is 3.10 bits per heavy atom. The van der Waals surface area contributed by atoms with Gasteiger partial charge in [0.25, 0.3) is 0 Å². The number of pyridine rings is 1. The fourth-order valence-corrected chi connectivity index (χ4v) is 2.94. The van der Waals surface area contributed by atoms with Gasteiger partial charge in [-0.25, -0.2) is 4.98 Å². The predicted octanol–water partition coefficient (Wildman–Crippen LogP) is 2.20. The molecule has 1 unspecified atom stereocenters. The summed E-state index contributed by atoms with van der Waals surface area (Å²) in [7, 11) is 1.79. The van der Waals surface area contributed by atoms with Gasteiger partial charge in [0.1, 0.15) is 5.82 Å². The number of ether oxygens (including phenoxy) is 1. The van der Waals surface area contributed by atoms with Gasteiger partial charge in [0.15, 0.2) is 0 Å². The molecular formula is C16H25N3O. The molecule has 1 saturated carbocycles. The molecular weight excluding hydrogens is 250 g/mol. The van der Waals surface area contributed by atoms with Crippen LogP contribution in [-0.2, 0) is 11.3 Å². The summed E-state index contributed by atoms with van der Waals surface area (Å²) in [5, 5.41) is 3.57. The normalized spacial score (nSPS) is 23.1. The van der Waals surface area contributed by atoms with Crippen LogP contribution in [0.3, 0.4) is 0 Å². The average molecular weight is 275 g/mol. The summed E-state index contributed by atoms with van der Waals surface area (Å²) in [4.78, 5) is 6.97. The highest BCUT2D eigenvalue weighted by Gasteiger charge is 2.22. The Balaban J connectivity index is 1.61. The van der Waals surface area contributed by atoms with Crippen molar-refractivity contribution >= 4 is 5.82 Å². The van der Waals surface area contributed by atoms with Crippen LogP contribution in [0.15, 0.2) is 18.3 Å². The first kappa shape index (κ1) is 13.8. The fraction of sp³-hybridized carbons (Fsp3) is 0.688.